The number of nitrogens with zero attached hydrogens (tertiary/aromatic N) is 1. The standard InChI is InChI=1S/C18H24FNO3/c19-16-6-2-1-5-15(16)13-14-9-11-20(12-10-14)17(21)7-3-4-8-18(22)23/h1-2,5-6,14H,3-4,7-13H2,(H,22,23). The Morgan fingerprint density at radius 2 is 1.78 bits per heavy atom. The second-order valence-corrected chi connectivity index (χ2v) is 6.22. The number of likely N-dealkylation sites (tertiary alicyclic amines) is 1. The van der Waals surface area contributed by atoms with E-state index >= 15 is 0 Å². The van der Waals surface area contributed by atoms with Gasteiger partial charge in [-0.15, -0.1) is 0 Å². The first-order valence-corrected chi connectivity index (χ1v) is 8.29. The average molecular weight is 321 g/mol. The minimum atomic E-state index is -0.814. The van der Waals surface area contributed by atoms with E-state index < -0.39 is 5.97 Å². The lowest BCUT2D eigenvalue weighted by molar-refractivity contribution is -0.137. The van der Waals surface area contributed by atoms with Gasteiger partial charge in [-0.25, -0.2) is 4.39 Å². The number of hydrogen-bond donors (Lipinski definition) is 1. The SMILES string of the molecule is O=C(O)CCCCC(=O)N1CCC(Cc2ccccc2F)CC1. The molecule has 0 bridgehead atoms. The van der Waals surface area contributed by atoms with Gasteiger partial charge in [0.05, 0.1) is 0 Å². The van der Waals surface area contributed by atoms with Crippen molar-refractivity contribution in [1.29, 1.82) is 0 Å². The highest BCUT2D eigenvalue weighted by molar-refractivity contribution is 5.76. The number of carbonyl (C=O) groups is 2. The van der Waals surface area contributed by atoms with Crippen LogP contribution < -0.4 is 0 Å². The summed E-state index contributed by atoms with van der Waals surface area (Å²) >= 11 is 0. The number of halogens is 1. The molecule has 0 saturated carbocycles. The Kier molecular flexibility index (Phi) is 6.56. The van der Waals surface area contributed by atoms with Crippen LogP contribution in [0.15, 0.2) is 24.3 Å². The van der Waals surface area contributed by atoms with Crippen molar-refractivity contribution >= 4 is 11.9 Å². The van der Waals surface area contributed by atoms with Gasteiger partial charge < -0.3 is 10.0 Å². The van der Waals surface area contributed by atoms with Crippen molar-refractivity contribution in [3.63, 3.8) is 0 Å². The van der Waals surface area contributed by atoms with Crippen LogP contribution in [-0.4, -0.2) is 35.0 Å². The summed E-state index contributed by atoms with van der Waals surface area (Å²) in [5, 5.41) is 8.58. The zero-order valence-corrected chi connectivity index (χ0v) is 13.3. The van der Waals surface area contributed by atoms with Crippen molar-refractivity contribution in [2.75, 3.05) is 13.1 Å². The number of amides is 1. The molecule has 0 unspecified atom stereocenters. The highest BCUT2D eigenvalue weighted by atomic mass is 19.1. The number of aliphatic carboxylic acids is 1. The van der Waals surface area contributed by atoms with Crippen molar-refractivity contribution in [1.82, 2.24) is 4.90 Å². The normalized spacial score (nSPS) is 15.6. The molecule has 0 atom stereocenters. The quantitative estimate of drug-likeness (QED) is 0.784. The number of benzene rings is 1. The van der Waals surface area contributed by atoms with Crippen LogP contribution in [0.1, 0.15) is 44.1 Å². The molecule has 2 rings (SSSR count). The summed E-state index contributed by atoms with van der Waals surface area (Å²) in [7, 11) is 0. The monoisotopic (exact) mass is 321 g/mol. The molecular weight excluding hydrogens is 297 g/mol. The van der Waals surface area contributed by atoms with Gasteiger partial charge in [-0.3, -0.25) is 9.59 Å². The Balaban J connectivity index is 1.70. The fraction of sp³-hybridized carbons (Fsp3) is 0.556. The third-order valence-electron chi connectivity index (χ3n) is 4.46. The average Bonchev–Trinajstić information content (AvgIpc) is 2.54. The number of hydrogen-bond acceptors (Lipinski definition) is 2. The maximum atomic E-state index is 13.7. The highest BCUT2D eigenvalue weighted by Crippen LogP contribution is 2.23. The molecule has 1 aromatic rings. The third kappa shape index (κ3) is 5.66. The molecule has 0 radical (unpaired) electrons. The topological polar surface area (TPSA) is 57.6 Å². The maximum Gasteiger partial charge on any atom is 0.303 e. The van der Waals surface area contributed by atoms with E-state index in [0.29, 0.717) is 25.2 Å². The Morgan fingerprint density at radius 3 is 2.43 bits per heavy atom. The second kappa shape index (κ2) is 8.65. The lowest BCUT2D eigenvalue weighted by atomic mass is 9.90. The first-order chi connectivity index (χ1) is 11.1. The zero-order chi connectivity index (χ0) is 16.7. The summed E-state index contributed by atoms with van der Waals surface area (Å²) in [6.07, 6.45) is 4.24. The number of unbranched alkanes of at least 4 members (excludes halogenated alkanes) is 1. The molecule has 23 heavy (non-hydrogen) atoms. The molecule has 0 aromatic heterocycles. The van der Waals surface area contributed by atoms with Gasteiger partial charge in [-0.05, 0) is 49.7 Å². The fourth-order valence-electron chi connectivity index (χ4n) is 3.07. The summed E-state index contributed by atoms with van der Waals surface area (Å²) in [6, 6.07) is 6.87. The van der Waals surface area contributed by atoms with Gasteiger partial charge in [-0.2, -0.15) is 0 Å². The molecule has 1 aliphatic heterocycles. The van der Waals surface area contributed by atoms with Gasteiger partial charge in [0.15, 0.2) is 0 Å². The summed E-state index contributed by atoms with van der Waals surface area (Å²) < 4.78 is 13.7. The number of carboxylic acids is 1. The lowest BCUT2D eigenvalue weighted by Crippen LogP contribution is -2.38. The van der Waals surface area contributed by atoms with Crippen molar-refractivity contribution in [3.8, 4) is 0 Å². The van der Waals surface area contributed by atoms with Gasteiger partial charge in [-0.1, -0.05) is 18.2 Å². The van der Waals surface area contributed by atoms with Gasteiger partial charge in [0.1, 0.15) is 5.82 Å². The van der Waals surface area contributed by atoms with E-state index in [1.807, 2.05) is 17.0 Å². The van der Waals surface area contributed by atoms with Crippen molar-refractivity contribution in [2.45, 2.75) is 44.9 Å². The Bertz CT molecular complexity index is 539. The van der Waals surface area contributed by atoms with Gasteiger partial charge in [0, 0.05) is 25.9 Å². The van der Waals surface area contributed by atoms with E-state index in [9.17, 15) is 14.0 Å². The third-order valence-corrected chi connectivity index (χ3v) is 4.46. The number of piperidine rings is 1. The summed E-state index contributed by atoms with van der Waals surface area (Å²) in [4.78, 5) is 24.4. The molecule has 1 fully saturated rings. The van der Waals surface area contributed by atoms with Crippen LogP contribution in [0.4, 0.5) is 4.39 Å². The predicted molar refractivity (Wildman–Crippen MR) is 85.5 cm³/mol. The molecule has 5 heteroatoms. The molecular formula is C18H24FNO3. The van der Waals surface area contributed by atoms with Crippen molar-refractivity contribution < 1.29 is 19.1 Å². The lowest BCUT2D eigenvalue weighted by Gasteiger charge is -2.32. The number of carboxylic acid groups (broad SMARTS) is 1. The predicted octanol–water partition coefficient (Wildman–Crippen LogP) is 3.25. The first kappa shape index (κ1) is 17.4. The highest BCUT2D eigenvalue weighted by Gasteiger charge is 2.23. The minimum Gasteiger partial charge on any atom is -0.481 e. The molecule has 1 aliphatic rings. The summed E-state index contributed by atoms with van der Waals surface area (Å²) in [5.74, 6) is -0.432. The van der Waals surface area contributed by atoms with Crippen LogP contribution in [0.5, 0.6) is 0 Å². The van der Waals surface area contributed by atoms with E-state index in [1.165, 1.54) is 6.07 Å². The Hall–Kier alpha value is -1.91. The van der Waals surface area contributed by atoms with Crippen LogP contribution in [0.25, 0.3) is 0 Å². The molecule has 126 valence electrons. The molecule has 4 nitrogen and oxygen atoms in total. The van der Waals surface area contributed by atoms with Crippen molar-refractivity contribution in [2.24, 2.45) is 5.92 Å². The molecule has 1 aromatic carbocycles. The first-order valence-electron chi connectivity index (χ1n) is 8.29. The second-order valence-electron chi connectivity index (χ2n) is 6.22. The zero-order valence-electron chi connectivity index (χ0n) is 13.3. The van der Waals surface area contributed by atoms with Gasteiger partial charge in [0.25, 0.3) is 0 Å². The molecule has 1 amide bonds. The van der Waals surface area contributed by atoms with Gasteiger partial charge >= 0.3 is 5.97 Å². The summed E-state index contributed by atoms with van der Waals surface area (Å²) in [5.41, 5.74) is 0.756. The van der Waals surface area contributed by atoms with Crippen molar-refractivity contribution in [3.05, 3.63) is 35.6 Å². The molecule has 1 heterocycles. The Labute approximate surface area is 136 Å². The molecule has 0 aliphatic carbocycles. The van der Waals surface area contributed by atoms with Gasteiger partial charge in [0.2, 0.25) is 5.91 Å². The number of carbonyl (C=O) groups excluding carboxylic acids is 1. The minimum absolute atomic E-state index is 0.111. The van der Waals surface area contributed by atoms with Crippen LogP contribution >= 0.6 is 0 Å². The summed E-state index contributed by atoms with van der Waals surface area (Å²) in [6.45, 7) is 1.44. The largest absolute Gasteiger partial charge is 0.481 e. The Morgan fingerprint density at radius 1 is 1.13 bits per heavy atom. The van der Waals surface area contributed by atoms with E-state index in [2.05, 4.69) is 0 Å². The van der Waals surface area contributed by atoms with Crippen LogP contribution in [0, 0.1) is 11.7 Å². The smallest absolute Gasteiger partial charge is 0.303 e. The van der Waals surface area contributed by atoms with E-state index in [1.54, 1.807) is 6.07 Å². The molecule has 1 N–H and O–H groups in total. The van der Waals surface area contributed by atoms with Crippen LogP contribution in [-0.2, 0) is 16.0 Å². The van der Waals surface area contributed by atoms with Crippen LogP contribution in [0.2, 0.25) is 0 Å². The maximum absolute atomic E-state index is 13.7. The molecule has 1 saturated heterocycles. The van der Waals surface area contributed by atoms with E-state index in [-0.39, 0.29) is 18.1 Å². The fourth-order valence-corrected chi connectivity index (χ4v) is 3.07. The molecule has 0 spiro atoms. The van der Waals surface area contributed by atoms with Crippen LogP contribution in [0.3, 0.4) is 0 Å². The number of rotatable bonds is 7. The van der Waals surface area contributed by atoms with E-state index in [4.69, 9.17) is 5.11 Å². The van der Waals surface area contributed by atoms with E-state index in [0.717, 1.165) is 37.9 Å².